The Morgan fingerprint density at radius 1 is 1.35 bits per heavy atom. The molecule has 0 radical (unpaired) electrons. The molecule has 0 aromatic heterocycles. The minimum Gasteiger partial charge on any atom is -0.393 e. The van der Waals surface area contributed by atoms with Crippen molar-refractivity contribution in [3.63, 3.8) is 0 Å². The van der Waals surface area contributed by atoms with Gasteiger partial charge in [0.15, 0.2) is 0 Å². The van der Waals surface area contributed by atoms with Gasteiger partial charge >= 0.3 is 0 Å². The van der Waals surface area contributed by atoms with Crippen molar-refractivity contribution in [3.8, 4) is 0 Å². The molecule has 2 rings (SSSR count). The molecule has 1 aliphatic rings. The van der Waals surface area contributed by atoms with E-state index in [1.54, 1.807) is 19.1 Å². The summed E-state index contributed by atoms with van der Waals surface area (Å²) in [6.45, 7) is 3.25. The summed E-state index contributed by atoms with van der Waals surface area (Å²) < 4.78 is 26.0. The van der Waals surface area contributed by atoms with E-state index >= 15 is 0 Å². The Morgan fingerprint density at radius 2 is 2.00 bits per heavy atom. The van der Waals surface area contributed by atoms with Gasteiger partial charge in [0, 0.05) is 33.1 Å². The summed E-state index contributed by atoms with van der Waals surface area (Å²) in [6.07, 6.45) is 0.520. The van der Waals surface area contributed by atoms with Gasteiger partial charge in [-0.25, -0.2) is 12.7 Å². The Bertz CT molecular complexity index is 570. The smallest absolute Gasteiger partial charge is 0.244 e. The van der Waals surface area contributed by atoms with Crippen molar-refractivity contribution in [1.82, 2.24) is 4.31 Å². The Morgan fingerprint density at radius 3 is 2.55 bits per heavy atom. The number of anilines is 1. The predicted octanol–water partition coefficient (Wildman–Crippen LogP) is 1.14. The minimum absolute atomic E-state index is 0.199. The molecule has 1 aliphatic heterocycles. The van der Waals surface area contributed by atoms with Crippen LogP contribution in [0.15, 0.2) is 29.2 Å². The molecule has 1 aromatic carbocycles. The fraction of sp³-hybridized carbons (Fsp3) is 0.571. The molecule has 2 unspecified atom stereocenters. The number of aliphatic hydroxyl groups excluding tert-OH is 1. The van der Waals surface area contributed by atoms with Crippen molar-refractivity contribution in [2.75, 3.05) is 32.1 Å². The van der Waals surface area contributed by atoms with Crippen LogP contribution in [0.4, 0.5) is 5.69 Å². The number of para-hydroxylation sites is 1. The van der Waals surface area contributed by atoms with Crippen molar-refractivity contribution >= 4 is 15.7 Å². The second-order valence-corrected chi connectivity index (χ2v) is 7.61. The van der Waals surface area contributed by atoms with Crippen molar-refractivity contribution in [1.29, 1.82) is 0 Å². The van der Waals surface area contributed by atoms with Crippen LogP contribution in [0.2, 0.25) is 0 Å². The molecule has 0 spiro atoms. The highest BCUT2D eigenvalue weighted by Crippen LogP contribution is 2.31. The standard InChI is InChI=1S/C14H22N2O3S/c1-11(17)12-8-9-16(10-12)13-6-4-5-7-14(13)20(18,19)15(2)3/h4-7,11-12,17H,8-10H2,1-3H3. The summed E-state index contributed by atoms with van der Waals surface area (Å²) in [6, 6.07) is 7.06. The van der Waals surface area contributed by atoms with E-state index in [0.717, 1.165) is 18.7 Å². The number of nitrogens with zero attached hydrogens (tertiary/aromatic N) is 2. The van der Waals surface area contributed by atoms with Gasteiger partial charge in [0.2, 0.25) is 10.0 Å². The van der Waals surface area contributed by atoms with Gasteiger partial charge in [-0.05, 0) is 25.5 Å². The molecule has 1 aromatic rings. The third-order valence-electron chi connectivity index (χ3n) is 3.87. The van der Waals surface area contributed by atoms with E-state index in [4.69, 9.17) is 0 Å². The fourth-order valence-electron chi connectivity index (χ4n) is 2.53. The summed E-state index contributed by atoms with van der Waals surface area (Å²) in [5, 5.41) is 9.68. The number of sulfonamides is 1. The molecule has 0 amide bonds. The van der Waals surface area contributed by atoms with Crippen molar-refractivity contribution in [2.24, 2.45) is 5.92 Å². The van der Waals surface area contributed by atoms with Crippen LogP contribution in [-0.4, -0.2) is 51.1 Å². The van der Waals surface area contributed by atoms with E-state index in [9.17, 15) is 13.5 Å². The first kappa shape index (κ1) is 15.3. The van der Waals surface area contributed by atoms with Crippen molar-refractivity contribution < 1.29 is 13.5 Å². The highest BCUT2D eigenvalue weighted by atomic mass is 32.2. The maximum atomic E-state index is 12.4. The summed E-state index contributed by atoms with van der Waals surface area (Å²) in [5.74, 6) is 0.199. The van der Waals surface area contributed by atoms with Gasteiger partial charge in [-0.1, -0.05) is 12.1 Å². The molecular formula is C14H22N2O3S. The third kappa shape index (κ3) is 2.82. The topological polar surface area (TPSA) is 60.9 Å². The molecule has 5 nitrogen and oxygen atoms in total. The first-order valence-corrected chi connectivity index (χ1v) is 8.22. The summed E-state index contributed by atoms with van der Waals surface area (Å²) in [5.41, 5.74) is 0.726. The molecule has 1 heterocycles. The van der Waals surface area contributed by atoms with Crippen LogP contribution >= 0.6 is 0 Å². The quantitative estimate of drug-likeness (QED) is 0.905. The highest BCUT2D eigenvalue weighted by molar-refractivity contribution is 7.89. The third-order valence-corrected chi connectivity index (χ3v) is 5.73. The van der Waals surface area contributed by atoms with E-state index in [-0.39, 0.29) is 12.0 Å². The molecule has 20 heavy (non-hydrogen) atoms. The van der Waals surface area contributed by atoms with Crippen LogP contribution in [0.3, 0.4) is 0 Å². The van der Waals surface area contributed by atoms with Gasteiger partial charge in [-0.2, -0.15) is 0 Å². The Labute approximate surface area is 120 Å². The van der Waals surface area contributed by atoms with Gasteiger partial charge in [-0.15, -0.1) is 0 Å². The molecular weight excluding hydrogens is 276 g/mol. The van der Waals surface area contributed by atoms with Crippen LogP contribution in [-0.2, 0) is 10.0 Å². The lowest BCUT2D eigenvalue weighted by Crippen LogP contribution is -2.28. The van der Waals surface area contributed by atoms with Crippen LogP contribution in [0.5, 0.6) is 0 Å². The van der Waals surface area contributed by atoms with Gasteiger partial charge in [0.25, 0.3) is 0 Å². The molecule has 112 valence electrons. The molecule has 0 aliphatic carbocycles. The molecule has 1 N–H and O–H groups in total. The van der Waals surface area contributed by atoms with Gasteiger partial charge in [0.05, 0.1) is 11.8 Å². The molecule has 1 fully saturated rings. The summed E-state index contributed by atoms with van der Waals surface area (Å²) in [7, 11) is -0.381. The molecule has 1 saturated heterocycles. The SMILES string of the molecule is CC(O)C1CCN(c2ccccc2S(=O)(=O)N(C)C)C1. The summed E-state index contributed by atoms with van der Waals surface area (Å²) >= 11 is 0. The van der Waals surface area contributed by atoms with Gasteiger partial charge < -0.3 is 10.0 Å². The Hall–Kier alpha value is -1.11. The van der Waals surface area contributed by atoms with E-state index in [2.05, 4.69) is 0 Å². The molecule has 0 bridgehead atoms. The van der Waals surface area contributed by atoms with Crippen LogP contribution in [0.25, 0.3) is 0 Å². The Balaban J connectivity index is 2.35. The average Bonchev–Trinajstić information content (AvgIpc) is 2.88. The van der Waals surface area contributed by atoms with Crippen LogP contribution in [0.1, 0.15) is 13.3 Å². The predicted molar refractivity (Wildman–Crippen MR) is 79.3 cm³/mol. The van der Waals surface area contributed by atoms with Crippen molar-refractivity contribution in [2.45, 2.75) is 24.3 Å². The first-order valence-electron chi connectivity index (χ1n) is 6.78. The molecule has 6 heteroatoms. The number of hydrogen-bond acceptors (Lipinski definition) is 4. The first-order chi connectivity index (χ1) is 9.34. The Kier molecular flexibility index (Phi) is 4.36. The van der Waals surface area contributed by atoms with E-state index in [1.165, 1.54) is 18.4 Å². The van der Waals surface area contributed by atoms with Crippen LogP contribution < -0.4 is 4.90 Å². The lowest BCUT2D eigenvalue weighted by molar-refractivity contribution is 0.136. The maximum absolute atomic E-state index is 12.4. The lowest BCUT2D eigenvalue weighted by Gasteiger charge is -2.23. The van der Waals surface area contributed by atoms with Crippen molar-refractivity contribution in [3.05, 3.63) is 24.3 Å². The number of rotatable bonds is 4. The second kappa shape index (κ2) is 5.71. The zero-order valence-corrected chi connectivity index (χ0v) is 13.0. The van der Waals surface area contributed by atoms with E-state index in [1.807, 2.05) is 17.0 Å². The van der Waals surface area contributed by atoms with Crippen LogP contribution in [0, 0.1) is 5.92 Å². The number of hydrogen-bond donors (Lipinski definition) is 1. The molecule has 0 saturated carbocycles. The normalized spacial score (nSPS) is 21.4. The monoisotopic (exact) mass is 298 g/mol. The zero-order chi connectivity index (χ0) is 14.9. The number of benzene rings is 1. The lowest BCUT2D eigenvalue weighted by atomic mass is 10.0. The minimum atomic E-state index is -3.45. The number of aliphatic hydroxyl groups is 1. The largest absolute Gasteiger partial charge is 0.393 e. The average molecular weight is 298 g/mol. The second-order valence-electron chi connectivity index (χ2n) is 5.49. The van der Waals surface area contributed by atoms with E-state index < -0.39 is 10.0 Å². The summed E-state index contributed by atoms with van der Waals surface area (Å²) in [4.78, 5) is 2.38. The maximum Gasteiger partial charge on any atom is 0.244 e. The highest BCUT2D eigenvalue weighted by Gasteiger charge is 2.30. The van der Waals surface area contributed by atoms with Gasteiger partial charge in [-0.3, -0.25) is 0 Å². The van der Waals surface area contributed by atoms with Gasteiger partial charge in [0.1, 0.15) is 4.90 Å². The van der Waals surface area contributed by atoms with E-state index in [0.29, 0.717) is 11.4 Å². The fourth-order valence-corrected chi connectivity index (χ4v) is 3.64. The zero-order valence-electron chi connectivity index (χ0n) is 12.2. The molecule has 2 atom stereocenters.